The van der Waals surface area contributed by atoms with Gasteiger partial charge in [-0.25, -0.2) is 4.39 Å². The van der Waals surface area contributed by atoms with Crippen molar-refractivity contribution < 1.29 is 9.13 Å². The van der Waals surface area contributed by atoms with E-state index in [9.17, 15) is 4.39 Å². The first kappa shape index (κ1) is 13.0. The van der Waals surface area contributed by atoms with Crippen molar-refractivity contribution in [2.75, 3.05) is 7.11 Å². The number of hydrogen-bond acceptors (Lipinski definition) is 3. The summed E-state index contributed by atoms with van der Waals surface area (Å²) in [6.45, 7) is 0. The second kappa shape index (κ2) is 5.07. The van der Waals surface area contributed by atoms with Crippen LogP contribution in [0.4, 0.5) is 4.39 Å². The Morgan fingerprint density at radius 3 is 2.78 bits per heavy atom. The molecule has 0 fully saturated rings. The molecule has 0 saturated carbocycles. The molecular weight excluding hydrogens is 301 g/mol. The van der Waals surface area contributed by atoms with E-state index in [0.717, 1.165) is 0 Å². The van der Waals surface area contributed by atoms with Crippen molar-refractivity contribution in [3.8, 4) is 5.75 Å². The number of aryl methyl sites for hydroxylation is 1. The van der Waals surface area contributed by atoms with E-state index >= 15 is 0 Å². The quantitative estimate of drug-likeness (QED) is 0.946. The molecule has 1 aromatic heterocycles. The molecule has 1 heterocycles. The number of hydrogen-bond donors (Lipinski definition) is 1. The average Bonchev–Trinajstić information content (AvgIpc) is 2.68. The molecule has 6 heteroatoms. The molecule has 1 aromatic carbocycles. The van der Waals surface area contributed by atoms with Crippen LogP contribution in [0.5, 0.6) is 5.75 Å². The molecule has 0 spiro atoms. The molecule has 18 heavy (non-hydrogen) atoms. The fourth-order valence-corrected chi connectivity index (χ4v) is 2.33. The minimum atomic E-state index is -0.501. The Hall–Kier alpha value is -1.40. The van der Waals surface area contributed by atoms with Gasteiger partial charge in [0.1, 0.15) is 11.5 Å². The highest BCUT2D eigenvalue weighted by molar-refractivity contribution is 9.10. The van der Waals surface area contributed by atoms with Crippen molar-refractivity contribution in [3.05, 3.63) is 45.9 Å². The Balaban J connectivity index is 2.47. The van der Waals surface area contributed by atoms with Crippen LogP contribution >= 0.6 is 15.9 Å². The zero-order valence-electron chi connectivity index (χ0n) is 10.0. The number of nitrogens with two attached hydrogens (primary N) is 1. The predicted octanol–water partition coefficient (Wildman–Crippen LogP) is 2.38. The van der Waals surface area contributed by atoms with Gasteiger partial charge in [-0.1, -0.05) is 15.9 Å². The summed E-state index contributed by atoms with van der Waals surface area (Å²) < 4.78 is 20.8. The first-order chi connectivity index (χ1) is 8.52. The Labute approximate surface area is 113 Å². The third kappa shape index (κ3) is 2.39. The van der Waals surface area contributed by atoms with Crippen LogP contribution in [-0.4, -0.2) is 16.9 Å². The van der Waals surface area contributed by atoms with Crippen molar-refractivity contribution in [2.24, 2.45) is 12.8 Å². The minimum absolute atomic E-state index is 0.337. The molecule has 0 aliphatic carbocycles. The van der Waals surface area contributed by atoms with E-state index in [4.69, 9.17) is 10.5 Å². The summed E-state index contributed by atoms with van der Waals surface area (Å²) in [6, 6.07) is 4.07. The number of aromatic nitrogens is 2. The normalized spacial score (nSPS) is 12.5. The number of halogens is 2. The molecule has 0 saturated heterocycles. The second-order valence-corrected chi connectivity index (χ2v) is 4.82. The van der Waals surface area contributed by atoms with Crippen LogP contribution < -0.4 is 10.5 Å². The fourth-order valence-electron chi connectivity index (χ4n) is 1.85. The molecule has 1 atom stereocenters. The molecule has 2 N–H and O–H groups in total. The van der Waals surface area contributed by atoms with E-state index in [1.54, 1.807) is 31.1 Å². The largest absolute Gasteiger partial charge is 0.493 e. The van der Waals surface area contributed by atoms with E-state index in [0.29, 0.717) is 21.5 Å². The summed E-state index contributed by atoms with van der Waals surface area (Å²) >= 11 is 3.25. The number of nitrogens with zero attached hydrogens (tertiary/aromatic N) is 2. The lowest BCUT2D eigenvalue weighted by Crippen LogP contribution is -2.17. The van der Waals surface area contributed by atoms with Crippen LogP contribution in [0.3, 0.4) is 0 Å². The molecule has 96 valence electrons. The third-order valence-electron chi connectivity index (χ3n) is 2.71. The minimum Gasteiger partial charge on any atom is -0.493 e. The van der Waals surface area contributed by atoms with Gasteiger partial charge in [-0.05, 0) is 23.8 Å². The first-order valence-corrected chi connectivity index (χ1v) is 6.09. The van der Waals surface area contributed by atoms with E-state index in [2.05, 4.69) is 21.0 Å². The summed E-state index contributed by atoms with van der Waals surface area (Å²) in [4.78, 5) is 0. The number of benzene rings is 1. The Morgan fingerprint density at radius 2 is 2.17 bits per heavy atom. The van der Waals surface area contributed by atoms with Gasteiger partial charge < -0.3 is 10.5 Å². The summed E-state index contributed by atoms with van der Waals surface area (Å²) in [5.74, 6) is 0.251. The zero-order valence-corrected chi connectivity index (χ0v) is 11.6. The monoisotopic (exact) mass is 313 g/mol. The predicted molar refractivity (Wildman–Crippen MR) is 69.9 cm³/mol. The van der Waals surface area contributed by atoms with Crippen molar-refractivity contribution >= 4 is 15.9 Å². The molecule has 1 unspecified atom stereocenters. The third-order valence-corrected chi connectivity index (χ3v) is 3.17. The van der Waals surface area contributed by atoms with Crippen molar-refractivity contribution in [3.63, 3.8) is 0 Å². The Bertz CT molecular complexity index is 550. The Morgan fingerprint density at radius 1 is 1.44 bits per heavy atom. The zero-order chi connectivity index (χ0) is 13.3. The van der Waals surface area contributed by atoms with Gasteiger partial charge in [0.2, 0.25) is 0 Å². The number of methoxy groups -OCH3 is 1. The van der Waals surface area contributed by atoms with Gasteiger partial charge in [-0.15, -0.1) is 0 Å². The first-order valence-electron chi connectivity index (χ1n) is 5.30. The smallest absolute Gasteiger partial charge is 0.161 e. The van der Waals surface area contributed by atoms with Crippen molar-refractivity contribution in [1.29, 1.82) is 0 Å². The fraction of sp³-hybridized carbons (Fsp3) is 0.250. The molecule has 0 aliphatic rings. The summed E-state index contributed by atoms with van der Waals surface area (Å²) in [5.41, 5.74) is 7.51. The lowest BCUT2D eigenvalue weighted by molar-refractivity contribution is 0.406. The molecule has 0 aliphatic heterocycles. The van der Waals surface area contributed by atoms with Gasteiger partial charge in [0.25, 0.3) is 0 Å². The van der Waals surface area contributed by atoms with Gasteiger partial charge in [-0.3, -0.25) is 4.68 Å². The molecule has 0 radical (unpaired) electrons. The van der Waals surface area contributed by atoms with Crippen LogP contribution in [0, 0.1) is 5.82 Å². The van der Waals surface area contributed by atoms with E-state index < -0.39 is 6.04 Å². The van der Waals surface area contributed by atoms with Crippen LogP contribution in [0.1, 0.15) is 17.3 Å². The van der Waals surface area contributed by atoms with E-state index in [1.807, 2.05) is 0 Å². The van der Waals surface area contributed by atoms with Crippen molar-refractivity contribution in [1.82, 2.24) is 9.78 Å². The maximum absolute atomic E-state index is 13.4. The molecule has 4 nitrogen and oxygen atoms in total. The highest BCUT2D eigenvalue weighted by Crippen LogP contribution is 2.29. The summed E-state index contributed by atoms with van der Waals surface area (Å²) in [5, 5.41) is 4.09. The highest BCUT2D eigenvalue weighted by atomic mass is 79.9. The molecular formula is C12H13BrFN3O. The van der Waals surface area contributed by atoms with Gasteiger partial charge >= 0.3 is 0 Å². The van der Waals surface area contributed by atoms with Crippen LogP contribution in [-0.2, 0) is 7.05 Å². The second-order valence-electron chi connectivity index (χ2n) is 3.90. The maximum atomic E-state index is 13.4. The summed E-state index contributed by atoms with van der Waals surface area (Å²) in [6.07, 6.45) is 1.59. The van der Waals surface area contributed by atoms with Gasteiger partial charge in [-0.2, -0.15) is 5.10 Å². The molecule has 0 amide bonds. The number of ether oxygens (including phenoxy) is 1. The van der Waals surface area contributed by atoms with Crippen LogP contribution in [0.25, 0.3) is 0 Å². The van der Waals surface area contributed by atoms with Crippen molar-refractivity contribution in [2.45, 2.75) is 6.04 Å². The molecule has 2 aromatic rings. The SMILES string of the molecule is COc1cnn(C)c1C(N)c1cc(F)cc(Br)c1. The standard InChI is InChI=1S/C12H13BrFN3O/c1-17-12(10(18-2)6-16-17)11(15)7-3-8(13)5-9(14)4-7/h3-6,11H,15H2,1-2H3. The summed E-state index contributed by atoms with van der Waals surface area (Å²) in [7, 11) is 3.32. The topological polar surface area (TPSA) is 53.1 Å². The Kier molecular flexibility index (Phi) is 3.68. The van der Waals surface area contributed by atoms with E-state index in [-0.39, 0.29) is 5.82 Å². The van der Waals surface area contributed by atoms with Gasteiger partial charge in [0.05, 0.1) is 19.3 Å². The maximum Gasteiger partial charge on any atom is 0.161 e. The van der Waals surface area contributed by atoms with Crippen LogP contribution in [0.2, 0.25) is 0 Å². The average molecular weight is 314 g/mol. The van der Waals surface area contributed by atoms with Gasteiger partial charge in [0, 0.05) is 11.5 Å². The molecule has 0 bridgehead atoms. The van der Waals surface area contributed by atoms with Gasteiger partial charge in [0.15, 0.2) is 5.75 Å². The lowest BCUT2D eigenvalue weighted by atomic mass is 10.0. The number of rotatable bonds is 3. The highest BCUT2D eigenvalue weighted by Gasteiger charge is 2.19. The van der Waals surface area contributed by atoms with Crippen LogP contribution in [0.15, 0.2) is 28.9 Å². The van der Waals surface area contributed by atoms with E-state index in [1.165, 1.54) is 12.1 Å². The lowest BCUT2D eigenvalue weighted by Gasteiger charge is -2.14. The molecule has 2 rings (SSSR count).